The molecule has 0 bridgehead atoms. The van der Waals surface area contributed by atoms with Crippen molar-refractivity contribution in [2.45, 2.75) is 6.92 Å². The van der Waals surface area contributed by atoms with Crippen molar-refractivity contribution in [3.8, 4) is 0 Å². The molecule has 0 fully saturated rings. The molecule has 68 valence electrons. The van der Waals surface area contributed by atoms with Gasteiger partial charge in [-0.1, -0.05) is 40.7 Å². The third kappa shape index (κ3) is 2.01. The molecular formula is C11H12BrN. The molecule has 0 atom stereocenters. The Hall–Kier alpha value is -1.02. The molecule has 0 heterocycles. The van der Waals surface area contributed by atoms with E-state index in [4.69, 9.17) is 5.73 Å². The fraction of sp³-hybridized carbons (Fsp3) is 0.0909. The van der Waals surface area contributed by atoms with Gasteiger partial charge >= 0.3 is 0 Å². The molecule has 1 aromatic carbocycles. The fourth-order valence-electron chi connectivity index (χ4n) is 1.22. The number of hydrogen-bond acceptors (Lipinski definition) is 1. The third-order valence-electron chi connectivity index (χ3n) is 1.84. The zero-order valence-electron chi connectivity index (χ0n) is 7.55. The standard InChI is InChI=1S/C11H12BrN/c1-3-5-9-8(4-2)10(12)6-7-11(9)13/h3-7H,1,13H2,2H3/b8-4+,9-5+. The Balaban J connectivity index is 3.75. The first kappa shape index (κ1) is 10.1. The van der Waals surface area contributed by atoms with E-state index in [-0.39, 0.29) is 0 Å². The summed E-state index contributed by atoms with van der Waals surface area (Å²) < 4.78 is 1.05. The van der Waals surface area contributed by atoms with E-state index in [9.17, 15) is 0 Å². The third-order valence-corrected chi connectivity index (χ3v) is 2.53. The van der Waals surface area contributed by atoms with Gasteiger partial charge in [0.2, 0.25) is 0 Å². The Kier molecular flexibility index (Phi) is 3.32. The fourth-order valence-corrected chi connectivity index (χ4v) is 1.80. The van der Waals surface area contributed by atoms with Gasteiger partial charge in [0.25, 0.3) is 0 Å². The first-order valence-electron chi connectivity index (χ1n) is 4.03. The number of allylic oxidation sites excluding steroid dienone is 1. The lowest BCUT2D eigenvalue weighted by atomic mass is 10.2. The van der Waals surface area contributed by atoms with Gasteiger partial charge in [0, 0.05) is 15.4 Å². The summed E-state index contributed by atoms with van der Waals surface area (Å²) in [6, 6.07) is 3.83. The number of nitrogens with two attached hydrogens (primary N) is 1. The smallest absolute Gasteiger partial charge is 0.0394 e. The monoisotopic (exact) mass is 237 g/mol. The van der Waals surface area contributed by atoms with E-state index in [0.717, 1.165) is 20.6 Å². The first-order valence-corrected chi connectivity index (χ1v) is 4.83. The van der Waals surface area contributed by atoms with Crippen molar-refractivity contribution in [2.24, 2.45) is 0 Å². The van der Waals surface area contributed by atoms with Gasteiger partial charge in [0.05, 0.1) is 0 Å². The molecule has 0 spiro atoms. The SMILES string of the molecule is C=C/C=c1/c(N)ccc(Br)/c1=C/C. The lowest BCUT2D eigenvalue weighted by Crippen LogP contribution is -2.28. The molecule has 0 aliphatic heterocycles. The van der Waals surface area contributed by atoms with Crippen LogP contribution in [0, 0.1) is 0 Å². The van der Waals surface area contributed by atoms with Crippen molar-refractivity contribution in [3.05, 3.63) is 39.7 Å². The average Bonchev–Trinajstić information content (AvgIpc) is 2.12. The summed E-state index contributed by atoms with van der Waals surface area (Å²) in [5.74, 6) is 0. The highest BCUT2D eigenvalue weighted by Gasteiger charge is 1.94. The number of hydrogen-bond donors (Lipinski definition) is 1. The Bertz CT molecular complexity index is 432. The van der Waals surface area contributed by atoms with E-state index >= 15 is 0 Å². The second-order valence-corrected chi connectivity index (χ2v) is 3.51. The van der Waals surface area contributed by atoms with Crippen molar-refractivity contribution in [1.29, 1.82) is 0 Å². The van der Waals surface area contributed by atoms with Crippen molar-refractivity contribution in [2.75, 3.05) is 5.73 Å². The summed E-state index contributed by atoms with van der Waals surface area (Å²) in [7, 11) is 0. The van der Waals surface area contributed by atoms with Crippen molar-refractivity contribution < 1.29 is 0 Å². The van der Waals surface area contributed by atoms with Gasteiger partial charge in [-0.3, -0.25) is 0 Å². The normalized spacial score (nSPS) is 13.4. The summed E-state index contributed by atoms with van der Waals surface area (Å²) in [6.07, 6.45) is 5.68. The van der Waals surface area contributed by atoms with Gasteiger partial charge in [-0.25, -0.2) is 0 Å². The quantitative estimate of drug-likeness (QED) is 0.742. The maximum absolute atomic E-state index is 5.83. The Labute approximate surface area is 86.4 Å². The van der Waals surface area contributed by atoms with Crippen LogP contribution in [-0.4, -0.2) is 0 Å². The predicted molar refractivity (Wildman–Crippen MR) is 62.6 cm³/mol. The molecule has 2 N–H and O–H groups in total. The number of benzene rings is 1. The van der Waals surface area contributed by atoms with E-state index in [1.165, 1.54) is 0 Å². The van der Waals surface area contributed by atoms with Crippen LogP contribution in [0.15, 0.2) is 29.3 Å². The topological polar surface area (TPSA) is 26.0 Å². The molecule has 1 aromatic rings. The van der Waals surface area contributed by atoms with Crippen LogP contribution in [0.4, 0.5) is 5.69 Å². The number of nitrogen functional groups attached to an aromatic ring is 1. The molecule has 1 rings (SSSR count). The number of rotatable bonds is 1. The Morgan fingerprint density at radius 3 is 2.62 bits per heavy atom. The van der Waals surface area contributed by atoms with E-state index in [0.29, 0.717) is 0 Å². The summed E-state index contributed by atoms with van der Waals surface area (Å²) in [5.41, 5.74) is 6.61. The van der Waals surface area contributed by atoms with Crippen LogP contribution in [0.2, 0.25) is 0 Å². The van der Waals surface area contributed by atoms with Crippen LogP contribution in [-0.2, 0) is 0 Å². The van der Waals surface area contributed by atoms with E-state index < -0.39 is 0 Å². The second kappa shape index (κ2) is 4.28. The molecule has 1 nitrogen and oxygen atoms in total. The minimum absolute atomic E-state index is 0.774. The highest BCUT2D eigenvalue weighted by Crippen LogP contribution is 2.02. The molecular weight excluding hydrogens is 226 g/mol. The highest BCUT2D eigenvalue weighted by molar-refractivity contribution is 9.10. The van der Waals surface area contributed by atoms with Gasteiger partial charge in [-0.15, -0.1) is 0 Å². The van der Waals surface area contributed by atoms with Crippen LogP contribution < -0.4 is 16.2 Å². The summed E-state index contributed by atoms with van der Waals surface area (Å²) in [5, 5.41) is 2.13. The van der Waals surface area contributed by atoms with Crippen LogP contribution in [0.5, 0.6) is 0 Å². The minimum atomic E-state index is 0.774. The maximum atomic E-state index is 5.83. The molecule has 0 amide bonds. The van der Waals surface area contributed by atoms with Crippen LogP contribution in [0.3, 0.4) is 0 Å². The minimum Gasteiger partial charge on any atom is -0.398 e. The van der Waals surface area contributed by atoms with E-state index in [1.807, 2.05) is 31.2 Å². The molecule has 0 radical (unpaired) electrons. The van der Waals surface area contributed by atoms with Gasteiger partial charge in [0.1, 0.15) is 0 Å². The molecule has 2 heteroatoms. The lowest BCUT2D eigenvalue weighted by molar-refractivity contribution is 1.46. The first-order chi connectivity index (χ1) is 6.20. The molecule has 0 saturated carbocycles. The van der Waals surface area contributed by atoms with Gasteiger partial charge in [-0.2, -0.15) is 0 Å². The summed E-state index contributed by atoms with van der Waals surface area (Å²) in [6.45, 7) is 5.65. The Morgan fingerprint density at radius 2 is 2.08 bits per heavy atom. The number of anilines is 1. The Morgan fingerprint density at radius 1 is 1.38 bits per heavy atom. The van der Waals surface area contributed by atoms with Gasteiger partial charge in [-0.05, 0) is 24.3 Å². The van der Waals surface area contributed by atoms with E-state index in [1.54, 1.807) is 6.08 Å². The average molecular weight is 238 g/mol. The van der Waals surface area contributed by atoms with Crippen molar-refractivity contribution >= 4 is 33.8 Å². The molecule has 0 aromatic heterocycles. The molecule has 0 aliphatic carbocycles. The number of halogens is 1. The lowest BCUT2D eigenvalue weighted by Gasteiger charge is -1.98. The maximum Gasteiger partial charge on any atom is 0.0394 e. The second-order valence-electron chi connectivity index (χ2n) is 2.66. The molecule has 0 unspecified atom stereocenters. The van der Waals surface area contributed by atoms with Crippen LogP contribution in [0.25, 0.3) is 12.2 Å². The zero-order chi connectivity index (χ0) is 9.84. The summed E-state index contributed by atoms with van der Waals surface area (Å²) in [4.78, 5) is 0. The largest absolute Gasteiger partial charge is 0.398 e. The van der Waals surface area contributed by atoms with Gasteiger partial charge < -0.3 is 5.73 Å². The van der Waals surface area contributed by atoms with Crippen LogP contribution in [0.1, 0.15) is 6.92 Å². The van der Waals surface area contributed by atoms with Crippen LogP contribution >= 0.6 is 15.9 Å². The van der Waals surface area contributed by atoms with Crippen molar-refractivity contribution in [3.63, 3.8) is 0 Å². The zero-order valence-corrected chi connectivity index (χ0v) is 9.14. The molecule has 13 heavy (non-hydrogen) atoms. The van der Waals surface area contributed by atoms with E-state index in [2.05, 4.69) is 22.5 Å². The summed E-state index contributed by atoms with van der Waals surface area (Å²) >= 11 is 3.47. The highest BCUT2D eigenvalue weighted by atomic mass is 79.9. The molecule has 0 saturated heterocycles. The van der Waals surface area contributed by atoms with Gasteiger partial charge in [0.15, 0.2) is 0 Å². The predicted octanol–water partition coefficient (Wildman–Crippen LogP) is 1.80. The van der Waals surface area contributed by atoms with Crippen molar-refractivity contribution in [1.82, 2.24) is 0 Å². The molecule has 0 aliphatic rings.